The average Bonchev–Trinajstić information content (AvgIpc) is 3.19. The zero-order valence-electron chi connectivity index (χ0n) is 15.3. The van der Waals surface area contributed by atoms with Crippen molar-refractivity contribution in [3.05, 3.63) is 52.2 Å². The van der Waals surface area contributed by atoms with Crippen molar-refractivity contribution in [2.24, 2.45) is 0 Å². The Hall–Kier alpha value is -2.12. The van der Waals surface area contributed by atoms with Gasteiger partial charge in [-0.15, -0.1) is 11.3 Å². The first-order valence-electron chi connectivity index (χ1n) is 8.51. The van der Waals surface area contributed by atoms with Crippen LogP contribution >= 0.6 is 27.3 Å². The number of aliphatic hydroxyl groups is 1. The topological polar surface area (TPSA) is 129 Å². The van der Waals surface area contributed by atoms with E-state index in [0.29, 0.717) is 21.9 Å². The molecule has 3 aromatic rings. The zero-order chi connectivity index (χ0) is 20.9. The molecule has 0 amide bonds. The normalized spacial score (nSPS) is 12.5. The van der Waals surface area contributed by atoms with Crippen molar-refractivity contribution in [3.8, 4) is 0 Å². The number of anilines is 3. The van der Waals surface area contributed by atoms with Crippen molar-refractivity contribution in [3.63, 3.8) is 0 Å². The third kappa shape index (κ3) is 5.93. The van der Waals surface area contributed by atoms with Gasteiger partial charge < -0.3 is 15.7 Å². The van der Waals surface area contributed by atoms with Gasteiger partial charge >= 0.3 is 0 Å². The Kier molecular flexibility index (Phi) is 7.14. The molecule has 3 heterocycles. The summed E-state index contributed by atoms with van der Waals surface area (Å²) in [6.45, 7) is 1.95. The number of aromatic nitrogens is 3. The van der Waals surface area contributed by atoms with Crippen LogP contribution in [0.1, 0.15) is 12.5 Å². The van der Waals surface area contributed by atoms with E-state index in [2.05, 4.69) is 46.2 Å². The molecule has 9 nitrogen and oxygen atoms in total. The molecule has 0 aliphatic carbocycles. The molecule has 0 bridgehead atoms. The number of hydrogen-bond acceptors (Lipinski definition) is 9. The summed E-state index contributed by atoms with van der Waals surface area (Å²) < 4.78 is 28.4. The fourth-order valence-corrected chi connectivity index (χ4v) is 4.69. The summed E-state index contributed by atoms with van der Waals surface area (Å²) in [5.74, 6) is 0.818. The smallest absolute Gasteiger partial charge is 0.250 e. The Morgan fingerprint density at radius 3 is 2.79 bits per heavy atom. The van der Waals surface area contributed by atoms with Crippen molar-refractivity contribution in [1.29, 1.82) is 0 Å². The van der Waals surface area contributed by atoms with Gasteiger partial charge in [0.2, 0.25) is 16.0 Å². The minimum atomic E-state index is -3.64. The van der Waals surface area contributed by atoms with E-state index < -0.39 is 10.0 Å². The van der Waals surface area contributed by atoms with E-state index in [9.17, 15) is 13.5 Å². The summed E-state index contributed by atoms with van der Waals surface area (Å²) in [5, 5.41) is 16.9. The second-order valence-corrected chi connectivity index (χ2v) is 9.84. The Labute approximate surface area is 180 Å². The van der Waals surface area contributed by atoms with Crippen molar-refractivity contribution in [2.75, 3.05) is 17.2 Å². The fourth-order valence-electron chi connectivity index (χ4n) is 2.21. The number of thiophene rings is 1. The number of nitrogens with zero attached hydrogens (tertiary/aromatic N) is 3. The standard InChI is InChI=1S/C17H19BrN6O3S2/c1-11(9-25)22-16-14(18)8-20-17(24-16)23-13-6-15(28-10-13)29(26,27)21-7-12-2-4-19-5-3-12/h2-6,8,10-11,21,25H,7,9H2,1H3,(H2,20,22,23,24)/t11-/m1/s1. The van der Waals surface area contributed by atoms with Crippen molar-refractivity contribution in [1.82, 2.24) is 19.7 Å². The number of hydrogen-bond donors (Lipinski definition) is 4. The van der Waals surface area contributed by atoms with E-state index in [1.54, 1.807) is 36.1 Å². The Balaban J connectivity index is 1.69. The first-order chi connectivity index (χ1) is 13.9. The van der Waals surface area contributed by atoms with Gasteiger partial charge in [-0.1, -0.05) is 0 Å². The maximum absolute atomic E-state index is 12.5. The van der Waals surface area contributed by atoms with Crippen LogP contribution in [-0.2, 0) is 16.6 Å². The monoisotopic (exact) mass is 498 g/mol. The summed E-state index contributed by atoms with van der Waals surface area (Å²) in [6.07, 6.45) is 4.79. The molecular formula is C17H19BrN6O3S2. The Morgan fingerprint density at radius 1 is 1.31 bits per heavy atom. The highest BCUT2D eigenvalue weighted by Crippen LogP contribution is 2.27. The van der Waals surface area contributed by atoms with Crippen LogP contribution in [0.3, 0.4) is 0 Å². The van der Waals surface area contributed by atoms with Gasteiger partial charge in [-0.25, -0.2) is 18.1 Å². The molecule has 0 aliphatic rings. The third-order valence-electron chi connectivity index (χ3n) is 3.71. The van der Waals surface area contributed by atoms with Gasteiger partial charge in [0.25, 0.3) is 0 Å². The van der Waals surface area contributed by atoms with Crippen LogP contribution in [0.5, 0.6) is 0 Å². The lowest BCUT2D eigenvalue weighted by molar-refractivity contribution is 0.281. The molecule has 3 rings (SSSR count). The molecular weight excluding hydrogens is 480 g/mol. The van der Waals surface area contributed by atoms with Gasteiger partial charge in [0, 0.05) is 36.6 Å². The van der Waals surface area contributed by atoms with Crippen LogP contribution in [-0.4, -0.2) is 41.1 Å². The SMILES string of the molecule is C[C@H](CO)Nc1nc(Nc2csc(S(=O)(=O)NCc3ccncc3)c2)ncc1Br. The Morgan fingerprint density at radius 2 is 2.07 bits per heavy atom. The van der Waals surface area contributed by atoms with E-state index in [1.165, 1.54) is 6.07 Å². The van der Waals surface area contributed by atoms with Crippen LogP contribution in [0, 0.1) is 0 Å². The Bertz CT molecular complexity index is 1060. The quantitative estimate of drug-likeness (QED) is 0.354. The van der Waals surface area contributed by atoms with Crippen molar-refractivity contribution < 1.29 is 13.5 Å². The average molecular weight is 499 g/mol. The second-order valence-electron chi connectivity index (χ2n) is 6.08. The highest BCUT2D eigenvalue weighted by molar-refractivity contribution is 9.10. The number of nitrogens with one attached hydrogen (secondary N) is 3. The summed E-state index contributed by atoms with van der Waals surface area (Å²) in [6, 6.07) is 4.84. The summed E-state index contributed by atoms with van der Waals surface area (Å²) in [7, 11) is -3.64. The van der Waals surface area contributed by atoms with E-state index >= 15 is 0 Å². The van der Waals surface area contributed by atoms with E-state index in [1.807, 2.05) is 6.92 Å². The van der Waals surface area contributed by atoms with Crippen molar-refractivity contribution >= 4 is 54.7 Å². The van der Waals surface area contributed by atoms with E-state index in [0.717, 1.165) is 16.9 Å². The predicted molar refractivity (Wildman–Crippen MR) is 116 cm³/mol. The molecule has 154 valence electrons. The lowest BCUT2D eigenvalue weighted by Gasteiger charge is -2.13. The molecule has 4 N–H and O–H groups in total. The fraction of sp³-hybridized carbons (Fsp3) is 0.235. The minimum absolute atomic E-state index is 0.0442. The number of sulfonamides is 1. The number of halogens is 1. The maximum atomic E-state index is 12.5. The van der Waals surface area contributed by atoms with Crippen LogP contribution in [0.2, 0.25) is 0 Å². The molecule has 12 heteroatoms. The van der Waals surface area contributed by atoms with E-state index in [4.69, 9.17) is 0 Å². The highest BCUT2D eigenvalue weighted by Gasteiger charge is 2.17. The molecule has 0 spiro atoms. The first kappa shape index (κ1) is 21.6. The minimum Gasteiger partial charge on any atom is -0.394 e. The molecule has 3 aromatic heterocycles. The van der Waals surface area contributed by atoms with Crippen molar-refractivity contribution in [2.45, 2.75) is 23.7 Å². The predicted octanol–water partition coefficient (Wildman–Crippen LogP) is 2.71. The maximum Gasteiger partial charge on any atom is 0.250 e. The van der Waals surface area contributed by atoms with Crippen LogP contribution < -0.4 is 15.4 Å². The molecule has 0 saturated carbocycles. The summed E-state index contributed by atoms with van der Waals surface area (Å²) in [4.78, 5) is 12.4. The molecule has 29 heavy (non-hydrogen) atoms. The molecule has 0 radical (unpaired) electrons. The van der Waals surface area contributed by atoms with E-state index in [-0.39, 0.29) is 23.4 Å². The second kappa shape index (κ2) is 9.59. The summed E-state index contributed by atoms with van der Waals surface area (Å²) in [5.41, 5.74) is 1.38. The number of rotatable bonds is 9. The van der Waals surface area contributed by atoms with Gasteiger partial charge in [0.05, 0.1) is 16.8 Å². The highest BCUT2D eigenvalue weighted by atomic mass is 79.9. The number of pyridine rings is 1. The largest absolute Gasteiger partial charge is 0.394 e. The van der Waals surface area contributed by atoms with Crippen LogP contribution in [0.25, 0.3) is 0 Å². The number of aliphatic hydroxyl groups excluding tert-OH is 1. The lowest BCUT2D eigenvalue weighted by Crippen LogP contribution is -2.22. The molecule has 0 saturated heterocycles. The lowest BCUT2D eigenvalue weighted by atomic mass is 10.3. The van der Waals surface area contributed by atoms with Gasteiger partial charge in [0.1, 0.15) is 10.0 Å². The molecule has 0 aromatic carbocycles. The van der Waals surface area contributed by atoms with Crippen LogP contribution in [0.4, 0.5) is 17.5 Å². The molecule has 0 fully saturated rings. The van der Waals surface area contributed by atoms with Gasteiger partial charge in [-0.2, -0.15) is 4.98 Å². The van der Waals surface area contributed by atoms with Gasteiger partial charge in [-0.3, -0.25) is 4.98 Å². The third-order valence-corrected chi connectivity index (χ3v) is 7.13. The molecule has 0 aliphatic heterocycles. The van der Waals surface area contributed by atoms with Gasteiger partial charge in [0.15, 0.2) is 0 Å². The zero-order valence-corrected chi connectivity index (χ0v) is 18.6. The first-order valence-corrected chi connectivity index (χ1v) is 11.7. The summed E-state index contributed by atoms with van der Waals surface area (Å²) >= 11 is 4.45. The van der Waals surface area contributed by atoms with Gasteiger partial charge in [-0.05, 0) is 46.6 Å². The molecule has 0 unspecified atom stereocenters. The molecule has 1 atom stereocenters. The van der Waals surface area contributed by atoms with Crippen LogP contribution in [0.15, 0.2) is 50.9 Å².